The predicted molar refractivity (Wildman–Crippen MR) is 44.5 cm³/mol. The molecule has 1 aliphatic rings. The average Bonchev–Trinajstić information content (AvgIpc) is 1.89. The first-order valence-corrected chi connectivity index (χ1v) is 3.71. The van der Waals surface area contributed by atoms with Gasteiger partial charge in [0.2, 0.25) is 0 Å². The zero-order chi connectivity index (χ0) is 7.61. The fourth-order valence-corrected chi connectivity index (χ4v) is 0.887. The highest BCUT2D eigenvalue weighted by Gasteiger charge is 2.26. The first kappa shape index (κ1) is 7.45. The van der Waals surface area contributed by atoms with E-state index in [-0.39, 0.29) is 5.41 Å². The minimum Gasteiger partial charge on any atom is -0.164 e. The van der Waals surface area contributed by atoms with Gasteiger partial charge < -0.3 is 0 Å². The summed E-state index contributed by atoms with van der Waals surface area (Å²) in [4.78, 5) is 0. The summed E-state index contributed by atoms with van der Waals surface area (Å²) in [5.74, 6) is 0.642. The molecule has 0 amide bonds. The third kappa shape index (κ3) is 1.25. The normalized spacial score (nSPS) is 31.6. The Morgan fingerprint density at radius 1 is 1.40 bits per heavy atom. The maximum Gasteiger partial charge on any atom is 0.0335 e. The van der Waals surface area contributed by atoms with Crippen molar-refractivity contribution in [1.29, 1.82) is 0 Å². The van der Waals surface area contributed by atoms with Crippen LogP contribution in [0.15, 0.2) is 10.2 Å². The standard InChI is InChI=1S/C8H14N2/c1-7(2)8(3)4-5-9-10-6-8/h5-7H,4H2,1-3H3. The molecule has 0 saturated heterocycles. The molecule has 0 aromatic rings. The molecule has 0 radical (unpaired) electrons. The maximum absolute atomic E-state index is 3.90. The highest BCUT2D eigenvalue weighted by atomic mass is 15.2. The Kier molecular flexibility index (Phi) is 1.88. The topological polar surface area (TPSA) is 24.7 Å². The van der Waals surface area contributed by atoms with E-state index in [1.807, 2.05) is 12.4 Å². The van der Waals surface area contributed by atoms with Gasteiger partial charge in [-0.1, -0.05) is 20.8 Å². The maximum atomic E-state index is 3.90. The minimum absolute atomic E-state index is 0.238. The summed E-state index contributed by atoms with van der Waals surface area (Å²) in [5, 5.41) is 7.70. The van der Waals surface area contributed by atoms with Crippen LogP contribution in [0.2, 0.25) is 0 Å². The van der Waals surface area contributed by atoms with Gasteiger partial charge in [-0.05, 0) is 12.3 Å². The summed E-state index contributed by atoms with van der Waals surface area (Å²) >= 11 is 0. The van der Waals surface area contributed by atoms with Crippen LogP contribution >= 0.6 is 0 Å². The van der Waals surface area contributed by atoms with Crippen LogP contribution in [0.3, 0.4) is 0 Å². The van der Waals surface area contributed by atoms with Crippen LogP contribution in [0, 0.1) is 11.3 Å². The molecule has 0 aromatic carbocycles. The second-order valence-corrected chi connectivity index (χ2v) is 3.41. The molecule has 1 atom stereocenters. The van der Waals surface area contributed by atoms with E-state index in [0.717, 1.165) is 6.42 Å². The molecule has 0 fully saturated rings. The fourth-order valence-electron chi connectivity index (χ4n) is 0.887. The molecule has 2 nitrogen and oxygen atoms in total. The quantitative estimate of drug-likeness (QED) is 0.530. The van der Waals surface area contributed by atoms with Crippen molar-refractivity contribution in [2.45, 2.75) is 27.2 Å². The van der Waals surface area contributed by atoms with Crippen molar-refractivity contribution in [2.75, 3.05) is 0 Å². The van der Waals surface area contributed by atoms with Crippen molar-refractivity contribution in [3.05, 3.63) is 0 Å². The third-order valence-electron chi connectivity index (χ3n) is 2.35. The van der Waals surface area contributed by atoms with Gasteiger partial charge in [0.15, 0.2) is 0 Å². The van der Waals surface area contributed by atoms with Crippen LogP contribution < -0.4 is 0 Å². The van der Waals surface area contributed by atoms with Crippen molar-refractivity contribution in [2.24, 2.45) is 21.5 Å². The summed E-state index contributed by atoms with van der Waals surface area (Å²) in [6.45, 7) is 6.64. The summed E-state index contributed by atoms with van der Waals surface area (Å²) < 4.78 is 0. The molecule has 0 bridgehead atoms. The fraction of sp³-hybridized carbons (Fsp3) is 0.750. The van der Waals surface area contributed by atoms with Crippen LogP contribution in [0.4, 0.5) is 0 Å². The molecule has 0 N–H and O–H groups in total. The summed E-state index contributed by atoms with van der Waals surface area (Å²) in [6, 6.07) is 0. The number of hydrogen-bond acceptors (Lipinski definition) is 2. The molecular weight excluding hydrogens is 124 g/mol. The molecule has 0 aliphatic carbocycles. The average molecular weight is 138 g/mol. The SMILES string of the molecule is CC(C)C1(C)C=NN=CC1. The zero-order valence-corrected chi connectivity index (χ0v) is 6.83. The summed E-state index contributed by atoms with van der Waals surface area (Å²) in [6.07, 6.45) is 4.87. The Labute approximate surface area is 62.0 Å². The van der Waals surface area contributed by atoms with Crippen LogP contribution in [0.5, 0.6) is 0 Å². The van der Waals surface area contributed by atoms with Crippen molar-refractivity contribution >= 4 is 12.4 Å². The van der Waals surface area contributed by atoms with Gasteiger partial charge in [-0.25, -0.2) is 0 Å². The summed E-state index contributed by atoms with van der Waals surface area (Å²) in [7, 11) is 0. The molecule has 1 heterocycles. The van der Waals surface area contributed by atoms with E-state index in [0.29, 0.717) is 5.92 Å². The minimum atomic E-state index is 0.238. The molecule has 1 unspecified atom stereocenters. The van der Waals surface area contributed by atoms with E-state index in [1.165, 1.54) is 0 Å². The van der Waals surface area contributed by atoms with Gasteiger partial charge >= 0.3 is 0 Å². The van der Waals surface area contributed by atoms with Crippen molar-refractivity contribution in [1.82, 2.24) is 0 Å². The van der Waals surface area contributed by atoms with Gasteiger partial charge in [0.25, 0.3) is 0 Å². The number of hydrogen-bond donors (Lipinski definition) is 0. The van der Waals surface area contributed by atoms with Gasteiger partial charge in [-0.2, -0.15) is 10.2 Å². The molecule has 0 saturated carbocycles. The number of nitrogens with zero attached hydrogens (tertiary/aromatic N) is 2. The molecule has 0 aromatic heterocycles. The largest absolute Gasteiger partial charge is 0.164 e. The second-order valence-electron chi connectivity index (χ2n) is 3.41. The Morgan fingerprint density at radius 2 is 2.10 bits per heavy atom. The predicted octanol–water partition coefficient (Wildman–Crippen LogP) is 2.11. The van der Waals surface area contributed by atoms with Gasteiger partial charge in [-0.15, -0.1) is 0 Å². The zero-order valence-electron chi connectivity index (χ0n) is 6.83. The monoisotopic (exact) mass is 138 g/mol. The Bertz CT molecular complexity index is 170. The lowest BCUT2D eigenvalue weighted by Gasteiger charge is -2.28. The second kappa shape index (κ2) is 2.52. The van der Waals surface area contributed by atoms with Crippen LogP contribution in [-0.2, 0) is 0 Å². The van der Waals surface area contributed by atoms with Gasteiger partial charge in [0.1, 0.15) is 0 Å². The van der Waals surface area contributed by atoms with E-state index in [4.69, 9.17) is 0 Å². The lowest BCUT2D eigenvalue weighted by Crippen LogP contribution is -2.27. The Morgan fingerprint density at radius 3 is 2.40 bits per heavy atom. The summed E-state index contributed by atoms with van der Waals surface area (Å²) in [5.41, 5.74) is 0.238. The Hall–Kier alpha value is -0.660. The van der Waals surface area contributed by atoms with E-state index < -0.39 is 0 Å². The first-order valence-electron chi connectivity index (χ1n) is 3.71. The lowest BCUT2D eigenvalue weighted by atomic mass is 9.77. The number of rotatable bonds is 1. The van der Waals surface area contributed by atoms with Crippen LogP contribution in [-0.4, -0.2) is 12.4 Å². The van der Waals surface area contributed by atoms with Crippen molar-refractivity contribution < 1.29 is 0 Å². The third-order valence-corrected chi connectivity index (χ3v) is 2.35. The highest BCUT2D eigenvalue weighted by Crippen LogP contribution is 2.29. The Balaban J connectivity index is 2.70. The smallest absolute Gasteiger partial charge is 0.0335 e. The molecule has 1 aliphatic heterocycles. The molecule has 2 heteroatoms. The van der Waals surface area contributed by atoms with Crippen LogP contribution in [0.25, 0.3) is 0 Å². The van der Waals surface area contributed by atoms with Crippen LogP contribution in [0.1, 0.15) is 27.2 Å². The van der Waals surface area contributed by atoms with Gasteiger partial charge in [0, 0.05) is 17.8 Å². The van der Waals surface area contributed by atoms with E-state index in [9.17, 15) is 0 Å². The molecule has 0 spiro atoms. The first-order chi connectivity index (χ1) is 4.65. The molecule has 56 valence electrons. The lowest BCUT2D eigenvalue weighted by molar-refractivity contribution is 0.349. The van der Waals surface area contributed by atoms with E-state index in [2.05, 4.69) is 31.0 Å². The highest BCUT2D eigenvalue weighted by molar-refractivity contribution is 5.75. The van der Waals surface area contributed by atoms with E-state index >= 15 is 0 Å². The van der Waals surface area contributed by atoms with Crippen molar-refractivity contribution in [3.63, 3.8) is 0 Å². The van der Waals surface area contributed by atoms with Gasteiger partial charge in [0.05, 0.1) is 0 Å². The molecule has 1 rings (SSSR count). The molecular formula is C8H14N2. The van der Waals surface area contributed by atoms with Crippen molar-refractivity contribution in [3.8, 4) is 0 Å². The van der Waals surface area contributed by atoms with Gasteiger partial charge in [-0.3, -0.25) is 0 Å². The van der Waals surface area contributed by atoms with E-state index in [1.54, 1.807) is 0 Å². The molecule has 10 heavy (non-hydrogen) atoms.